The van der Waals surface area contributed by atoms with Gasteiger partial charge in [-0.05, 0) is 26.2 Å². The Morgan fingerprint density at radius 2 is 1.47 bits per heavy atom. The zero-order valence-corrected chi connectivity index (χ0v) is 11.4. The first-order valence-electron chi connectivity index (χ1n) is 7.04. The number of carbonyl (C=O) groups is 1. The molecular formula is C16H28O. The molecule has 1 heteroatoms. The molecule has 0 atom stereocenters. The van der Waals surface area contributed by atoms with Crippen molar-refractivity contribution in [3.63, 3.8) is 0 Å². The van der Waals surface area contributed by atoms with Gasteiger partial charge in [0.25, 0.3) is 0 Å². The van der Waals surface area contributed by atoms with Gasteiger partial charge in [0.15, 0.2) is 0 Å². The van der Waals surface area contributed by atoms with Crippen LogP contribution in [0.15, 0.2) is 24.8 Å². The zero-order chi connectivity index (χ0) is 12.8. The van der Waals surface area contributed by atoms with E-state index in [0.29, 0.717) is 5.78 Å². The van der Waals surface area contributed by atoms with Gasteiger partial charge in [0, 0.05) is 6.42 Å². The highest BCUT2D eigenvalue weighted by Crippen LogP contribution is 2.10. The molecule has 0 rings (SSSR count). The Morgan fingerprint density at radius 3 is 2.00 bits per heavy atom. The number of carbonyl (C=O) groups excluding carboxylic acids is 1. The molecule has 0 bridgehead atoms. The van der Waals surface area contributed by atoms with E-state index in [9.17, 15) is 4.79 Å². The minimum absolute atomic E-state index is 0.331. The molecule has 0 fully saturated rings. The van der Waals surface area contributed by atoms with Crippen molar-refractivity contribution in [1.29, 1.82) is 0 Å². The minimum Gasteiger partial charge on any atom is -0.300 e. The molecule has 0 amide bonds. The molecule has 0 aliphatic rings. The summed E-state index contributed by atoms with van der Waals surface area (Å²) in [5, 5.41) is 0. The molecule has 0 aromatic carbocycles. The topological polar surface area (TPSA) is 17.1 Å². The van der Waals surface area contributed by atoms with E-state index in [2.05, 4.69) is 12.7 Å². The second kappa shape index (κ2) is 13.2. The van der Waals surface area contributed by atoms with Gasteiger partial charge in [0.05, 0.1) is 0 Å². The number of hydrogen-bond donors (Lipinski definition) is 0. The number of allylic oxidation sites excluding steroid dienone is 3. The summed E-state index contributed by atoms with van der Waals surface area (Å²) in [6.07, 6.45) is 18.3. The molecule has 0 saturated heterocycles. The van der Waals surface area contributed by atoms with Crippen molar-refractivity contribution >= 4 is 5.78 Å². The van der Waals surface area contributed by atoms with Crippen molar-refractivity contribution in [2.24, 2.45) is 0 Å². The van der Waals surface area contributed by atoms with E-state index in [1.165, 1.54) is 51.4 Å². The van der Waals surface area contributed by atoms with Crippen LogP contribution in [0.4, 0.5) is 0 Å². The van der Waals surface area contributed by atoms with Crippen LogP contribution in [0.1, 0.15) is 71.1 Å². The average Bonchev–Trinajstić information content (AvgIpc) is 2.30. The molecule has 1 nitrogen and oxygen atoms in total. The molecule has 0 N–H and O–H groups in total. The van der Waals surface area contributed by atoms with Gasteiger partial charge in [-0.25, -0.2) is 0 Å². The monoisotopic (exact) mass is 236 g/mol. The van der Waals surface area contributed by atoms with Crippen molar-refractivity contribution < 1.29 is 4.79 Å². The van der Waals surface area contributed by atoms with E-state index in [4.69, 9.17) is 0 Å². The molecule has 0 aromatic rings. The third kappa shape index (κ3) is 15.1. The van der Waals surface area contributed by atoms with Gasteiger partial charge in [-0.1, -0.05) is 63.3 Å². The van der Waals surface area contributed by atoms with E-state index in [1.54, 1.807) is 6.92 Å². The lowest BCUT2D eigenvalue weighted by molar-refractivity contribution is -0.117. The van der Waals surface area contributed by atoms with Gasteiger partial charge in [0.1, 0.15) is 5.78 Å². The van der Waals surface area contributed by atoms with Gasteiger partial charge in [-0.2, -0.15) is 0 Å². The fourth-order valence-corrected chi connectivity index (χ4v) is 1.89. The number of hydrogen-bond acceptors (Lipinski definition) is 1. The van der Waals surface area contributed by atoms with Gasteiger partial charge in [-0.15, -0.1) is 0 Å². The fraction of sp³-hybridized carbons (Fsp3) is 0.688. The van der Waals surface area contributed by atoms with Gasteiger partial charge < -0.3 is 4.79 Å². The summed E-state index contributed by atoms with van der Waals surface area (Å²) < 4.78 is 0. The lowest BCUT2D eigenvalue weighted by Crippen LogP contribution is -1.89. The first kappa shape index (κ1) is 16.1. The van der Waals surface area contributed by atoms with E-state index in [-0.39, 0.29) is 0 Å². The average molecular weight is 236 g/mol. The second-order valence-electron chi connectivity index (χ2n) is 4.73. The molecule has 0 saturated carbocycles. The van der Waals surface area contributed by atoms with Crippen LogP contribution >= 0.6 is 0 Å². The molecule has 17 heavy (non-hydrogen) atoms. The summed E-state index contributed by atoms with van der Waals surface area (Å²) in [6, 6.07) is 0. The summed E-state index contributed by atoms with van der Waals surface area (Å²) in [7, 11) is 0. The Labute approximate surface area is 107 Å². The minimum atomic E-state index is 0.331. The fourth-order valence-electron chi connectivity index (χ4n) is 1.89. The van der Waals surface area contributed by atoms with Crippen LogP contribution in [0.2, 0.25) is 0 Å². The number of ketones is 1. The van der Waals surface area contributed by atoms with Crippen LogP contribution < -0.4 is 0 Å². The summed E-state index contributed by atoms with van der Waals surface area (Å²) in [5.74, 6) is 0.331. The van der Waals surface area contributed by atoms with E-state index in [1.807, 2.05) is 12.2 Å². The molecule has 0 radical (unpaired) electrons. The number of unbranched alkanes of at least 4 members (excludes halogenated alkanes) is 8. The maximum Gasteiger partial charge on any atom is 0.129 e. The van der Waals surface area contributed by atoms with Crippen molar-refractivity contribution in [1.82, 2.24) is 0 Å². The second-order valence-corrected chi connectivity index (χ2v) is 4.73. The summed E-state index contributed by atoms with van der Waals surface area (Å²) in [4.78, 5) is 10.7. The van der Waals surface area contributed by atoms with E-state index < -0.39 is 0 Å². The SMILES string of the molecule is C=CC=CCCCCCCCCCCC(C)=O. The van der Waals surface area contributed by atoms with Gasteiger partial charge >= 0.3 is 0 Å². The first-order chi connectivity index (χ1) is 8.27. The summed E-state index contributed by atoms with van der Waals surface area (Å²) in [5.41, 5.74) is 0. The molecule has 0 aromatic heterocycles. The van der Waals surface area contributed by atoms with Crippen molar-refractivity contribution in [2.45, 2.75) is 71.1 Å². The highest BCUT2D eigenvalue weighted by molar-refractivity contribution is 5.75. The Bertz CT molecular complexity index is 216. The molecular weight excluding hydrogens is 208 g/mol. The van der Waals surface area contributed by atoms with Gasteiger partial charge in [0.2, 0.25) is 0 Å². The molecule has 0 spiro atoms. The number of rotatable bonds is 12. The highest BCUT2D eigenvalue weighted by Gasteiger charge is 1.94. The lowest BCUT2D eigenvalue weighted by atomic mass is 10.1. The lowest BCUT2D eigenvalue weighted by Gasteiger charge is -2.00. The maximum absolute atomic E-state index is 10.7. The Balaban J connectivity index is 3.01. The summed E-state index contributed by atoms with van der Waals surface area (Å²) in [6.45, 7) is 5.33. The van der Waals surface area contributed by atoms with Crippen LogP contribution in [0.25, 0.3) is 0 Å². The Hall–Kier alpha value is -0.850. The van der Waals surface area contributed by atoms with Crippen LogP contribution in [0.3, 0.4) is 0 Å². The predicted octanol–water partition coefficient (Wildman–Crippen LogP) is 5.22. The normalized spacial score (nSPS) is 10.9. The Morgan fingerprint density at radius 1 is 0.941 bits per heavy atom. The predicted molar refractivity (Wildman–Crippen MR) is 76.2 cm³/mol. The van der Waals surface area contributed by atoms with Crippen molar-refractivity contribution in [3.05, 3.63) is 24.8 Å². The standard InChI is InChI=1S/C16H28O/c1-3-4-5-6-7-8-9-10-11-12-13-14-15-16(2)17/h3-5H,1,6-15H2,2H3. The third-order valence-electron chi connectivity index (χ3n) is 2.92. The molecule has 98 valence electrons. The van der Waals surface area contributed by atoms with Crippen LogP contribution in [-0.2, 0) is 4.79 Å². The van der Waals surface area contributed by atoms with Crippen molar-refractivity contribution in [2.75, 3.05) is 0 Å². The quantitative estimate of drug-likeness (QED) is 0.335. The third-order valence-corrected chi connectivity index (χ3v) is 2.92. The van der Waals surface area contributed by atoms with Crippen LogP contribution in [-0.4, -0.2) is 5.78 Å². The van der Waals surface area contributed by atoms with Crippen molar-refractivity contribution in [3.8, 4) is 0 Å². The van der Waals surface area contributed by atoms with E-state index in [0.717, 1.165) is 12.8 Å². The molecule has 0 unspecified atom stereocenters. The molecule has 0 aliphatic heterocycles. The maximum atomic E-state index is 10.7. The zero-order valence-electron chi connectivity index (χ0n) is 11.4. The molecule has 0 aliphatic carbocycles. The van der Waals surface area contributed by atoms with Gasteiger partial charge in [-0.3, -0.25) is 0 Å². The van der Waals surface area contributed by atoms with Crippen LogP contribution in [0.5, 0.6) is 0 Å². The van der Waals surface area contributed by atoms with E-state index >= 15 is 0 Å². The first-order valence-corrected chi connectivity index (χ1v) is 7.04. The Kier molecular flexibility index (Phi) is 12.6. The number of Topliss-reactive ketones (excluding diaryl/α,β-unsaturated/α-hetero) is 1. The van der Waals surface area contributed by atoms with Crippen LogP contribution in [0, 0.1) is 0 Å². The largest absolute Gasteiger partial charge is 0.300 e. The molecule has 0 heterocycles. The smallest absolute Gasteiger partial charge is 0.129 e. The summed E-state index contributed by atoms with van der Waals surface area (Å²) >= 11 is 0. The highest BCUT2D eigenvalue weighted by atomic mass is 16.1.